The van der Waals surface area contributed by atoms with Gasteiger partial charge in [0.15, 0.2) is 0 Å². The summed E-state index contributed by atoms with van der Waals surface area (Å²) in [7, 11) is 0. The van der Waals surface area contributed by atoms with Gasteiger partial charge in [0.25, 0.3) is 0 Å². The van der Waals surface area contributed by atoms with E-state index in [1.165, 1.54) is 116 Å². The molecule has 198 valence electrons. The molecule has 4 saturated carbocycles. The van der Waals surface area contributed by atoms with Crippen molar-refractivity contribution >= 4 is 0 Å². The molecule has 0 nitrogen and oxygen atoms in total. The Labute approximate surface area is 219 Å². The molecule has 0 aromatic rings. The molecular weight excluding hydrogens is 420 g/mol. The van der Waals surface area contributed by atoms with Crippen LogP contribution in [0.3, 0.4) is 0 Å². The van der Waals surface area contributed by atoms with Crippen LogP contribution in [0.25, 0.3) is 0 Å². The van der Waals surface area contributed by atoms with Crippen LogP contribution in [0.5, 0.6) is 0 Å². The first kappa shape index (κ1) is 27.3. The molecule has 0 N–H and O–H groups in total. The Morgan fingerprint density at radius 1 is 0.629 bits per heavy atom. The Morgan fingerprint density at radius 2 is 1.00 bits per heavy atom. The second kappa shape index (κ2) is 13.2. The summed E-state index contributed by atoms with van der Waals surface area (Å²) in [5.74, 6) is 10.7. The van der Waals surface area contributed by atoms with Crippen LogP contribution in [-0.4, -0.2) is 0 Å². The summed E-state index contributed by atoms with van der Waals surface area (Å²) < 4.78 is 0. The first-order valence-corrected chi connectivity index (χ1v) is 16.1. The van der Waals surface area contributed by atoms with Crippen LogP contribution in [0.4, 0.5) is 0 Å². The average molecular weight is 479 g/mol. The lowest BCUT2D eigenvalue weighted by atomic mass is 9.56. The van der Waals surface area contributed by atoms with Crippen LogP contribution in [0.15, 0.2) is 12.7 Å². The molecule has 1 atom stereocenters. The third-order valence-electron chi connectivity index (χ3n) is 11.9. The fourth-order valence-electron chi connectivity index (χ4n) is 9.25. The van der Waals surface area contributed by atoms with Gasteiger partial charge in [-0.25, -0.2) is 0 Å². The van der Waals surface area contributed by atoms with Crippen molar-refractivity contribution < 1.29 is 0 Å². The van der Waals surface area contributed by atoms with E-state index in [4.69, 9.17) is 6.42 Å². The summed E-state index contributed by atoms with van der Waals surface area (Å²) in [6.07, 6.45) is 37.2. The number of hydrogen-bond donors (Lipinski definition) is 0. The van der Waals surface area contributed by atoms with Crippen molar-refractivity contribution in [3.8, 4) is 12.3 Å². The molecule has 4 fully saturated rings. The topological polar surface area (TPSA) is 0 Å². The van der Waals surface area contributed by atoms with Crippen molar-refractivity contribution in [2.75, 3.05) is 0 Å². The molecule has 0 aromatic heterocycles. The van der Waals surface area contributed by atoms with Gasteiger partial charge in [-0.3, -0.25) is 0 Å². The molecule has 0 amide bonds. The molecule has 0 radical (unpaired) electrons. The molecule has 0 bridgehead atoms. The van der Waals surface area contributed by atoms with Gasteiger partial charge in [-0.15, -0.1) is 18.9 Å². The first-order chi connectivity index (χ1) is 17.0. The SMILES string of the molecule is C#CCC(C=C)(C1CCC(C)CC1)C1CCC(CCC2CCC(CC3CCC(C)CC3)CC2)CC1. The highest BCUT2D eigenvalue weighted by Gasteiger charge is 2.44. The summed E-state index contributed by atoms with van der Waals surface area (Å²) in [6.45, 7) is 9.28. The van der Waals surface area contributed by atoms with Gasteiger partial charge >= 0.3 is 0 Å². The molecule has 0 spiro atoms. The lowest BCUT2D eigenvalue weighted by molar-refractivity contribution is 0.0520. The van der Waals surface area contributed by atoms with Crippen molar-refractivity contribution in [2.45, 2.75) is 142 Å². The maximum absolute atomic E-state index is 5.96. The summed E-state index contributed by atoms with van der Waals surface area (Å²) in [4.78, 5) is 0. The molecule has 1 unspecified atom stereocenters. The summed E-state index contributed by atoms with van der Waals surface area (Å²) in [6, 6.07) is 0. The number of allylic oxidation sites excluding steroid dienone is 1. The fraction of sp³-hybridized carbons (Fsp3) is 0.886. The Balaban J connectivity index is 1.17. The second-order valence-corrected chi connectivity index (χ2v) is 14.2. The van der Waals surface area contributed by atoms with E-state index in [1.54, 1.807) is 6.42 Å². The zero-order chi connectivity index (χ0) is 24.7. The van der Waals surface area contributed by atoms with E-state index in [2.05, 4.69) is 32.4 Å². The normalized spacial score (nSPS) is 40.4. The zero-order valence-electron chi connectivity index (χ0n) is 23.6. The Hall–Kier alpha value is -0.700. The monoisotopic (exact) mass is 478 g/mol. The lowest BCUT2D eigenvalue weighted by Gasteiger charge is -2.48. The maximum Gasteiger partial charge on any atom is 0.0183 e. The zero-order valence-corrected chi connectivity index (χ0v) is 23.6. The van der Waals surface area contributed by atoms with Crippen LogP contribution in [0.1, 0.15) is 142 Å². The quantitative estimate of drug-likeness (QED) is 0.228. The minimum Gasteiger partial charge on any atom is -0.120 e. The van der Waals surface area contributed by atoms with E-state index in [9.17, 15) is 0 Å². The van der Waals surface area contributed by atoms with Crippen LogP contribution in [0.2, 0.25) is 0 Å². The molecule has 0 heterocycles. The smallest absolute Gasteiger partial charge is 0.0183 e. The molecule has 0 aliphatic heterocycles. The predicted octanol–water partition coefficient (Wildman–Crippen LogP) is 10.6. The minimum absolute atomic E-state index is 0.217. The second-order valence-electron chi connectivity index (χ2n) is 14.2. The van der Waals surface area contributed by atoms with Crippen molar-refractivity contribution in [3.05, 3.63) is 12.7 Å². The molecular formula is C35H58. The van der Waals surface area contributed by atoms with Gasteiger partial charge in [0, 0.05) is 11.8 Å². The Morgan fingerprint density at radius 3 is 1.46 bits per heavy atom. The highest BCUT2D eigenvalue weighted by molar-refractivity contribution is 5.10. The van der Waals surface area contributed by atoms with Crippen molar-refractivity contribution in [1.82, 2.24) is 0 Å². The molecule has 0 heteroatoms. The molecule has 0 aromatic carbocycles. The third kappa shape index (κ3) is 7.20. The van der Waals surface area contributed by atoms with Gasteiger partial charge in [-0.1, -0.05) is 110 Å². The van der Waals surface area contributed by atoms with Gasteiger partial charge in [-0.05, 0) is 79.4 Å². The predicted molar refractivity (Wildman–Crippen MR) is 153 cm³/mol. The summed E-state index contributed by atoms with van der Waals surface area (Å²) in [5, 5.41) is 0. The average Bonchev–Trinajstić information content (AvgIpc) is 2.89. The summed E-state index contributed by atoms with van der Waals surface area (Å²) in [5.41, 5.74) is 0.217. The Kier molecular flexibility index (Phi) is 10.3. The Bertz CT molecular complexity index is 651. The van der Waals surface area contributed by atoms with E-state index >= 15 is 0 Å². The van der Waals surface area contributed by atoms with E-state index in [0.717, 1.165) is 53.8 Å². The van der Waals surface area contributed by atoms with Crippen molar-refractivity contribution in [2.24, 2.45) is 52.8 Å². The van der Waals surface area contributed by atoms with E-state index in [1.807, 2.05) is 0 Å². The maximum atomic E-state index is 5.96. The summed E-state index contributed by atoms with van der Waals surface area (Å²) >= 11 is 0. The minimum atomic E-state index is 0.217. The van der Waals surface area contributed by atoms with Gasteiger partial charge in [0.2, 0.25) is 0 Å². The van der Waals surface area contributed by atoms with E-state index in [0.29, 0.717) is 0 Å². The van der Waals surface area contributed by atoms with Gasteiger partial charge in [0.1, 0.15) is 0 Å². The standard InChI is InChI=1S/C35H58/c1-5-25-35(6-2,33-21-9-28(4)10-22-33)34-23-19-30(20-24-34)14-13-29-15-17-32(18-16-29)26-31-11-7-27(3)8-12-31/h1,6,27-34H,2,7-26H2,3-4H3. The van der Waals surface area contributed by atoms with Crippen LogP contribution in [-0.2, 0) is 0 Å². The molecule has 4 rings (SSSR count). The number of rotatable bonds is 9. The van der Waals surface area contributed by atoms with E-state index in [-0.39, 0.29) is 5.41 Å². The van der Waals surface area contributed by atoms with Crippen LogP contribution in [0, 0.1) is 65.1 Å². The van der Waals surface area contributed by atoms with Gasteiger partial charge in [-0.2, -0.15) is 0 Å². The molecule has 4 aliphatic rings. The first-order valence-electron chi connectivity index (χ1n) is 16.1. The number of terminal acetylenes is 1. The fourth-order valence-corrected chi connectivity index (χ4v) is 9.25. The molecule has 35 heavy (non-hydrogen) atoms. The molecule has 4 aliphatic carbocycles. The van der Waals surface area contributed by atoms with Crippen LogP contribution >= 0.6 is 0 Å². The van der Waals surface area contributed by atoms with Gasteiger partial charge in [0.05, 0.1) is 0 Å². The lowest BCUT2D eigenvalue weighted by Crippen LogP contribution is -2.40. The molecule has 0 saturated heterocycles. The van der Waals surface area contributed by atoms with Crippen molar-refractivity contribution in [1.29, 1.82) is 0 Å². The number of hydrogen-bond acceptors (Lipinski definition) is 0. The third-order valence-corrected chi connectivity index (χ3v) is 11.9. The van der Waals surface area contributed by atoms with Crippen LogP contribution < -0.4 is 0 Å². The largest absolute Gasteiger partial charge is 0.120 e. The van der Waals surface area contributed by atoms with Gasteiger partial charge < -0.3 is 0 Å². The highest BCUT2D eigenvalue weighted by Crippen LogP contribution is 2.53. The van der Waals surface area contributed by atoms with Crippen molar-refractivity contribution in [3.63, 3.8) is 0 Å². The van der Waals surface area contributed by atoms with E-state index < -0.39 is 0 Å². The highest BCUT2D eigenvalue weighted by atomic mass is 14.5.